The van der Waals surface area contributed by atoms with Crippen LogP contribution < -0.4 is 9.47 Å². The third-order valence-electron chi connectivity index (χ3n) is 2.20. The van der Waals surface area contributed by atoms with Crippen molar-refractivity contribution in [1.29, 1.82) is 0 Å². The van der Waals surface area contributed by atoms with E-state index in [0.29, 0.717) is 12.5 Å². The fourth-order valence-electron chi connectivity index (χ4n) is 1.05. The maximum Gasteiger partial charge on any atom is 0.213 e. The number of aromatic nitrogens is 1. The topological polar surface area (TPSA) is 34.6 Å². The lowest BCUT2D eigenvalue weighted by molar-refractivity contribution is 0.243. The number of likely N-dealkylation sites (N-methyl/N-ethyl adjacent to an activating group) is 1. The van der Waals surface area contributed by atoms with Crippen molar-refractivity contribution in [2.75, 3.05) is 33.9 Å². The molecule has 4 nitrogen and oxygen atoms in total. The molecule has 15 heavy (non-hydrogen) atoms. The quantitative estimate of drug-likeness (QED) is 0.711. The molecule has 0 amide bonds. The van der Waals surface area contributed by atoms with Gasteiger partial charge >= 0.3 is 0 Å². The molecular weight excluding hydrogens is 192 g/mol. The van der Waals surface area contributed by atoms with Gasteiger partial charge in [0.1, 0.15) is 12.4 Å². The highest BCUT2D eigenvalue weighted by molar-refractivity contribution is 5.22. The minimum absolute atomic E-state index is 0.605. The van der Waals surface area contributed by atoms with Crippen molar-refractivity contribution in [2.45, 2.75) is 6.92 Å². The molecule has 0 spiro atoms. The van der Waals surface area contributed by atoms with E-state index in [4.69, 9.17) is 9.47 Å². The second kappa shape index (κ2) is 6.24. The number of pyridine rings is 1. The van der Waals surface area contributed by atoms with Gasteiger partial charge in [0.2, 0.25) is 5.88 Å². The summed E-state index contributed by atoms with van der Waals surface area (Å²) in [5, 5.41) is 0. The number of methoxy groups -OCH3 is 1. The lowest BCUT2D eigenvalue weighted by atomic mass is 10.4. The highest BCUT2D eigenvalue weighted by atomic mass is 16.5. The van der Waals surface area contributed by atoms with Crippen LogP contribution >= 0.6 is 0 Å². The van der Waals surface area contributed by atoms with E-state index in [0.717, 1.165) is 18.8 Å². The van der Waals surface area contributed by atoms with Crippen LogP contribution in [0, 0.1) is 0 Å². The van der Waals surface area contributed by atoms with Crippen molar-refractivity contribution >= 4 is 0 Å². The van der Waals surface area contributed by atoms with Crippen LogP contribution in [0.15, 0.2) is 18.3 Å². The molecule has 1 aromatic rings. The molecule has 0 unspecified atom stereocenters. The van der Waals surface area contributed by atoms with Gasteiger partial charge in [0, 0.05) is 12.6 Å². The second-order valence-electron chi connectivity index (χ2n) is 3.28. The second-order valence-corrected chi connectivity index (χ2v) is 3.28. The Morgan fingerprint density at radius 1 is 1.40 bits per heavy atom. The molecular formula is C11H18N2O2. The lowest BCUT2D eigenvalue weighted by Gasteiger charge is -2.14. The summed E-state index contributed by atoms with van der Waals surface area (Å²) in [5.41, 5.74) is 0. The van der Waals surface area contributed by atoms with Crippen LogP contribution in [0.4, 0.5) is 0 Å². The van der Waals surface area contributed by atoms with Crippen molar-refractivity contribution in [2.24, 2.45) is 0 Å². The monoisotopic (exact) mass is 210 g/mol. The zero-order valence-electron chi connectivity index (χ0n) is 9.56. The van der Waals surface area contributed by atoms with Gasteiger partial charge in [0.05, 0.1) is 13.3 Å². The first kappa shape index (κ1) is 11.8. The van der Waals surface area contributed by atoms with E-state index in [1.807, 2.05) is 6.07 Å². The molecule has 0 aliphatic rings. The summed E-state index contributed by atoms with van der Waals surface area (Å²) in [6.45, 7) is 4.75. The Bertz CT molecular complexity index is 274. The van der Waals surface area contributed by atoms with E-state index in [9.17, 15) is 0 Å². The lowest BCUT2D eigenvalue weighted by Crippen LogP contribution is -2.23. The molecule has 0 saturated carbocycles. The van der Waals surface area contributed by atoms with Crippen LogP contribution in [0.2, 0.25) is 0 Å². The maximum atomic E-state index is 5.52. The Balaban J connectivity index is 2.31. The Labute approximate surface area is 90.8 Å². The smallest absolute Gasteiger partial charge is 0.213 e. The summed E-state index contributed by atoms with van der Waals surface area (Å²) in [6, 6.07) is 3.65. The average Bonchev–Trinajstić information content (AvgIpc) is 2.29. The Morgan fingerprint density at radius 2 is 2.20 bits per heavy atom. The van der Waals surface area contributed by atoms with E-state index in [-0.39, 0.29) is 0 Å². The van der Waals surface area contributed by atoms with Gasteiger partial charge in [0.25, 0.3) is 0 Å². The first-order valence-corrected chi connectivity index (χ1v) is 5.07. The molecule has 1 aromatic heterocycles. The third-order valence-corrected chi connectivity index (χ3v) is 2.20. The van der Waals surface area contributed by atoms with Crippen LogP contribution in [-0.2, 0) is 0 Å². The summed E-state index contributed by atoms with van der Waals surface area (Å²) in [4.78, 5) is 6.25. The number of hydrogen-bond donors (Lipinski definition) is 0. The third kappa shape index (κ3) is 4.16. The SMILES string of the molecule is CCN(C)CCOc1ccc(OC)nc1. The molecule has 1 heterocycles. The molecule has 0 fully saturated rings. The van der Waals surface area contributed by atoms with Crippen LogP contribution in [0.5, 0.6) is 11.6 Å². The molecule has 0 aromatic carbocycles. The summed E-state index contributed by atoms with van der Waals surface area (Å²) in [5.74, 6) is 1.38. The molecule has 0 bridgehead atoms. The van der Waals surface area contributed by atoms with Crippen LogP contribution in [-0.4, -0.2) is 43.7 Å². The Hall–Kier alpha value is -1.29. The molecule has 1 rings (SSSR count). The molecule has 0 atom stereocenters. The number of hydrogen-bond acceptors (Lipinski definition) is 4. The Kier molecular flexibility index (Phi) is 4.90. The molecule has 0 radical (unpaired) electrons. The van der Waals surface area contributed by atoms with Gasteiger partial charge < -0.3 is 14.4 Å². The largest absolute Gasteiger partial charge is 0.491 e. The fraction of sp³-hybridized carbons (Fsp3) is 0.545. The van der Waals surface area contributed by atoms with Gasteiger partial charge in [-0.15, -0.1) is 0 Å². The van der Waals surface area contributed by atoms with E-state index < -0.39 is 0 Å². The highest BCUT2D eigenvalue weighted by Crippen LogP contribution is 2.12. The van der Waals surface area contributed by atoms with Crippen LogP contribution in [0.25, 0.3) is 0 Å². The van der Waals surface area contributed by atoms with Crippen molar-refractivity contribution in [1.82, 2.24) is 9.88 Å². The summed E-state index contributed by atoms with van der Waals surface area (Å²) < 4.78 is 10.5. The molecule has 0 aliphatic carbocycles. The normalized spacial score (nSPS) is 10.4. The van der Waals surface area contributed by atoms with Gasteiger partial charge in [-0.05, 0) is 19.7 Å². The van der Waals surface area contributed by atoms with Crippen molar-refractivity contribution in [3.63, 3.8) is 0 Å². The first-order chi connectivity index (χ1) is 7.26. The minimum Gasteiger partial charge on any atom is -0.491 e. The van der Waals surface area contributed by atoms with Gasteiger partial charge in [0.15, 0.2) is 0 Å². The van der Waals surface area contributed by atoms with Gasteiger partial charge in [-0.1, -0.05) is 6.92 Å². The van der Waals surface area contributed by atoms with E-state index in [2.05, 4.69) is 23.9 Å². The van der Waals surface area contributed by atoms with Gasteiger partial charge in [-0.2, -0.15) is 0 Å². The Morgan fingerprint density at radius 3 is 2.73 bits per heavy atom. The number of nitrogens with zero attached hydrogens (tertiary/aromatic N) is 2. The standard InChI is InChI=1S/C11H18N2O2/c1-4-13(2)7-8-15-10-5-6-11(14-3)12-9-10/h5-6,9H,4,7-8H2,1-3H3. The minimum atomic E-state index is 0.605. The fourth-order valence-corrected chi connectivity index (χ4v) is 1.05. The predicted octanol–water partition coefficient (Wildman–Crippen LogP) is 1.42. The van der Waals surface area contributed by atoms with Crippen LogP contribution in [0.3, 0.4) is 0 Å². The predicted molar refractivity (Wildman–Crippen MR) is 59.5 cm³/mol. The molecule has 0 aliphatic heterocycles. The number of rotatable bonds is 6. The summed E-state index contributed by atoms with van der Waals surface area (Å²) in [6.07, 6.45) is 1.67. The number of ether oxygens (including phenoxy) is 2. The van der Waals surface area contributed by atoms with Crippen LogP contribution in [0.1, 0.15) is 6.92 Å². The molecule has 84 valence electrons. The zero-order valence-corrected chi connectivity index (χ0v) is 9.56. The molecule has 0 N–H and O–H groups in total. The van der Waals surface area contributed by atoms with E-state index >= 15 is 0 Å². The van der Waals surface area contributed by atoms with E-state index in [1.165, 1.54) is 0 Å². The maximum absolute atomic E-state index is 5.52. The van der Waals surface area contributed by atoms with E-state index in [1.54, 1.807) is 19.4 Å². The van der Waals surface area contributed by atoms with Gasteiger partial charge in [-0.3, -0.25) is 0 Å². The van der Waals surface area contributed by atoms with Crippen molar-refractivity contribution in [3.05, 3.63) is 18.3 Å². The van der Waals surface area contributed by atoms with Crippen molar-refractivity contribution < 1.29 is 9.47 Å². The molecule has 0 saturated heterocycles. The summed E-state index contributed by atoms with van der Waals surface area (Å²) in [7, 11) is 3.66. The van der Waals surface area contributed by atoms with Gasteiger partial charge in [-0.25, -0.2) is 4.98 Å². The summed E-state index contributed by atoms with van der Waals surface area (Å²) >= 11 is 0. The highest BCUT2D eigenvalue weighted by Gasteiger charge is 1.97. The average molecular weight is 210 g/mol. The zero-order chi connectivity index (χ0) is 11.1. The first-order valence-electron chi connectivity index (χ1n) is 5.07. The molecule has 4 heteroatoms. The van der Waals surface area contributed by atoms with Crippen molar-refractivity contribution in [3.8, 4) is 11.6 Å².